The Morgan fingerprint density at radius 3 is 2.78 bits per heavy atom. The van der Waals surface area contributed by atoms with E-state index in [0.29, 0.717) is 16.3 Å². The second-order valence-corrected chi connectivity index (χ2v) is 5.81. The van der Waals surface area contributed by atoms with Gasteiger partial charge in [-0.2, -0.15) is 13.9 Å². The van der Waals surface area contributed by atoms with Gasteiger partial charge in [-0.25, -0.2) is 0 Å². The zero-order chi connectivity index (χ0) is 16.4. The zero-order valence-corrected chi connectivity index (χ0v) is 13.0. The molecular weight excluding hydrogens is 326 g/mol. The van der Waals surface area contributed by atoms with E-state index in [9.17, 15) is 8.78 Å². The summed E-state index contributed by atoms with van der Waals surface area (Å²) in [5.41, 5.74) is 8.86. The van der Waals surface area contributed by atoms with Crippen molar-refractivity contribution in [2.24, 2.45) is 0 Å². The SMILES string of the molecule is [NH-]c1cn(C2CCNCC2)nc1-c1cc(Cl)ccc1OC(F)F. The lowest BCUT2D eigenvalue weighted by atomic mass is 10.1. The van der Waals surface area contributed by atoms with Gasteiger partial charge in [-0.05, 0) is 44.1 Å². The number of aromatic nitrogens is 2. The lowest BCUT2D eigenvalue weighted by Crippen LogP contribution is -2.29. The molecule has 0 saturated carbocycles. The highest BCUT2D eigenvalue weighted by molar-refractivity contribution is 6.31. The Morgan fingerprint density at radius 1 is 1.35 bits per heavy atom. The maximum absolute atomic E-state index is 12.6. The molecule has 1 aromatic heterocycles. The lowest BCUT2D eigenvalue weighted by Gasteiger charge is -2.23. The van der Waals surface area contributed by atoms with Gasteiger partial charge in [-0.15, -0.1) is 0 Å². The minimum absolute atomic E-state index is 0.0338. The van der Waals surface area contributed by atoms with E-state index >= 15 is 0 Å². The van der Waals surface area contributed by atoms with Crippen LogP contribution in [0.25, 0.3) is 17.0 Å². The molecule has 5 nitrogen and oxygen atoms in total. The summed E-state index contributed by atoms with van der Waals surface area (Å²) < 4.78 is 31.4. The Morgan fingerprint density at radius 2 is 2.09 bits per heavy atom. The molecule has 1 saturated heterocycles. The molecule has 3 rings (SSSR count). The van der Waals surface area contributed by atoms with Crippen LogP contribution in [0.5, 0.6) is 5.75 Å². The summed E-state index contributed by atoms with van der Waals surface area (Å²) in [4.78, 5) is 0. The molecule has 1 aromatic carbocycles. The molecule has 8 heteroatoms. The van der Waals surface area contributed by atoms with Crippen LogP contribution in [0, 0.1) is 0 Å². The molecule has 1 fully saturated rings. The number of benzene rings is 1. The Balaban J connectivity index is 1.98. The van der Waals surface area contributed by atoms with Crippen molar-refractivity contribution in [2.75, 3.05) is 13.1 Å². The molecule has 0 atom stereocenters. The summed E-state index contributed by atoms with van der Waals surface area (Å²) in [6, 6.07) is 4.53. The van der Waals surface area contributed by atoms with Crippen molar-refractivity contribution in [1.29, 1.82) is 0 Å². The van der Waals surface area contributed by atoms with E-state index in [1.165, 1.54) is 18.2 Å². The van der Waals surface area contributed by atoms with Gasteiger partial charge < -0.3 is 15.8 Å². The number of rotatable bonds is 4. The van der Waals surface area contributed by atoms with Crippen molar-refractivity contribution in [3.63, 3.8) is 0 Å². The van der Waals surface area contributed by atoms with E-state index in [2.05, 4.69) is 15.2 Å². The van der Waals surface area contributed by atoms with Crippen LogP contribution in [0.15, 0.2) is 24.4 Å². The Labute approximate surface area is 137 Å². The first kappa shape index (κ1) is 16.0. The van der Waals surface area contributed by atoms with Crippen LogP contribution in [-0.4, -0.2) is 29.5 Å². The third kappa shape index (κ3) is 3.56. The first-order valence-electron chi connectivity index (χ1n) is 7.31. The van der Waals surface area contributed by atoms with Crippen LogP contribution in [0.2, 0.25) is 5.02 Å². The predicted octanol–water partition coefficient (Wildman–Crippen LogP) is 4.41. The summed E-state index contributed by atoms with van der Waals surface area (Å²) in [6.45, 7) is -1.16. The summed E-state index contributed by atoms with van der Waals surface area (Å²) in [5.74, 6) is -0.0338. The maximum Gasteiger partial charge on any atom is 0.387 e. The van der Waals surface area contributed by atoms with Crippen LogP contribution < -0.4 is 10.1 Å². The number of nitrogens with one attached hydrogen (secondary N) is 2. The lowest BCUT2D eigenvalue weighted by molar-refractivity contribution is -0.0494. The van der Waals surface area contributed by atoms with Crippen molar-refractivity contribution in [2.45, 2.75) is 25.5 Å². The van der Waals surface area contributed by atoms with Gasteiger partial charge in [-0.1, -0.05) is 17.3 Å². The molecule has 1 aliphatic rings. The second-order valence-electron chi connectivity index (χ2n) is 5.37. The van der Waals surface area contributed by atoms with Crippen molar-refractivity contribution in [3.8, 4) is 17.0 Å². The van der Waals surface area contributed by atoms with Gasteiger partial charge in [0.1, 0.15) is 5.75 Å². The van der Waals surface area contributed by atoms with E-state index in [1.807, 2.05) is 0 Å². The fourth-order valence-corrected chi connectivity index (χ4v) is 2.91. The van der Waals surface area contributed by atoms with Crippen LogP contribution in [0.3, 0.4) is 0 Å². The first-order chi connectivity index (χ1) is 11.0. The molecule has 2 N–H and O–H groups in total. The van der Waals surface area contributed by atoms with E-state index in [4.69, 9.17) is 17.3 Å². The number of nitrogens with zero attached hydrogens (tertiary/aromatic N) is 2. The minimum atomic E-state index is -2.95. The average Bonchev–Trinajstić information content (AvgIpc) is 2.91. The summed E-state index contributed by atoms with van der Waals surface area (Å²) in [7, 11) is 0. The van der Waals surface area contributed by atoms with Gasteiger partial charge in [0.15, 0.2) is 0 Å². The third-order valence-corrected chi connectivity index (χ3v) is 4.06. The van der Waals surface area contributed by atoms with E-state index in [-0.39, 0.29) is 17.5 Å². The topological polar surface area (TPSA) is 62.9 Å². The normalized spacial score (nSPS) is 16.0. The number of ether oxygens (including phenoxy) is 1. The molecule has 0 amide bonds. The highest BCUT2D eigenvalue weighted by atomic mass is 35.5. The zero-order valence-electron chi connectivity index (χ0n) is 12.2. The van der Waals surface area contributed by atoms with Crippen LogP contribution in [-0.2, 0) is 0 Å². The molecule has 1 aliphatic heterocycles. The third-order valence-electron chi connectivity index (χ3n) is 3.83. The van der Waals surface area contributed by atoms with Crippen LogP contribution in [0.1, 0.15) is 18.9 Å². The van der Waals surface area contributed by atoms with Crippen molar-refractivity contribution >= 4 is 17.3 Å². The maximum atomic E-state index is 12.6. The molecule has 0 radical (unpaired) electrons. The Kier molecular flexibility index (Phi) is 4.68. The number of hydrogen-bond donors (Lipinski definition) is 1. The predicted molar refractivity (Wildman–Crippen MR) is 84.4 cm³/mol. The molecule has 0 spiro atoms. The second kappa shape index (κ2) is 6.72. The smallest absolute Gasteiger partial charge is 0.387 e. The Hall–Kier alpha value is -1.86. The van der Waals surface area contributed by atoms with Gasteiger partial charge in [0.25, 0.3) is 0 Å². The van der Waals surface area contributed by atoms with Crippen LogP contribution in [0.4, 0.5) is 14.5 Å². The van der Waals surface area contributed by atoms with E-state index in [0.717, 1.165) is 25.9 Å². The summed E-state index contributed by atoms with van der Waals surface area (Å²) in [6.07, 6.45) is 3.45. The van der Waals surface area contributed by atoms with Crippen molar-refractivity contribution < 1.29 is 13.5 Å². The molecule has 23 heavy (non-hydrogen) atoms. The van der Waals surface area contributed by atoms with E-state index < -0.39 is 6.61 Å². The van der Waals surface area contributed by atoms with E-state index in [1.54, 1.807) is 10.9 Å². The molecule has 2 heterocycles. The molecule has 0 unspecified atom stereocenters. The van der Waals surface area contributed by atoms with Gasteiger partial charge in [0.2, 0.25) is 0 Å². The fourth-order valence-electron chi connectivity index (χ4n) is 2.73. The fraction of sp³-hybridized carbons (Fsp3) is 0.400. The number of piperidine rings is 1. The van der Waals surface area contributed by atoms with Crippen LogP contribution >= 0.6 is 11.6 Å². The largest absolute Gasteiger partial charge is 0.696 e. The molecule has 124 valence electrons. The summed E-state index contributed by atoms with van der Waals surface area (Å²) >= 11 is 5.96. The number of halogens is 3. The standard InChI is InChI=1S/C15H16ClF2N4O/c16-9-1-2-13(23-15(17)18)11(7-9)14-12(19)8-22(21-14)10-3-5-20-6-4-10/h1-2,7-8,10,15,19-20H,3-6H2/q-1. The minimum Gasteiger partial charge on any atom is -0.696 e. The highest BCUT2D eigenvalue weighted by Crippen LogP contribution is 2.38. The molecular formula is C15H16ClF2N4O-. The first-order valence-corrected chi connectivity index (χ1v) is 7.68. The van der Waals surface area contributed by atoms with Crippen molar-refractivity contribution in [1.82, 2.24) is 15.1 Å². The Bertz CT molecular complexity index is 686. The molecule has 0 aliphatic carbocycles. The summed E-state index contributed by atoms with van der Waals surface area (Å²) in [5, 5.41) is 8.07. The van der Waals surface area contributed by atoms with Crippen molar-refractivity contribution in [3.05, 3.63) is 35.2 Å². The number of hydrogen-bond acceptors (Lipinski definition) is 3. The molecule has 2 aromatic rings. The monoisotopic (exact) mass is 341 g/mol. The van der Waals surface area contributed by atoms with Gasteiger partial charge in [-0.3, -0.25) is 4.68 Å². The number of alkyl halides is 2. The average molecular weight is 342 g/mol. The molecule has 0 bridgehead atoms. The quantitative estimate of drug-likeness (QED) is 0.895. The van der Waals surface area contributed by atoms with Gasteiger partial charge in [0.05, 0.1) is 11.7 Å². The van der Waals surface area contributed by atoms with Gasteiger partial charge in [0, 0.05) is 16.8 Å². The highest BCUT2D eigenvalue weighted by Gasteiger charge is 2.19. The van der Waals surface area contributed by atoms with Gasteiger partial charge >= 0.3 is 6.61 Å².